The molecule has 6 nitrogen and oxygen atoms in total. The van der Waals surface area contributed by atoms with E-state index in [2.05, 4.69) is 5.32 Å². The molecule has 0 aromatic heterocycles. The van der Waals surface area contributed by atoms with Gasteiger partial charge in [0.2, 0.25) is 0 Å². The van der Waals surface area contributed by atoms with Crippen molar-refractivity contribution in [1.29, 1.82) is 0 Å². The van der Waals surface area contributed by atoms with Gasteiger partial charge in [-0.1, -0.05) is 39.3 Å². The maximum atomic E-state index is 12.5. The second-order valence-electron chi connectivity index (χ2n) is 7.05. The lowest BCUT2D eigenvalue weighted by Crippen LogP contribution is -2.50. The molecule has 1 aromatic rings. The number of ether oxygens (including phenoxy) is 2. The lowest BCUT2D eigenvalue weighted by molar-refractivity contribution is -0.149. The SMILES string of the molecule is CCCCOC(=O)[C@H](CC(C)C)N[C@@H](Cc1ccc(O)cc1)C(=O)OCC. The first kappa shape index (κ1) is 23.0. The lowest BCUT2D eigenvalue weighted by Gasteiger charge is -2.25. The fourth-order valence-electron chi connectivity index (χ4n) is 2.69. The van der Waals surface area contributed by atoms with Gasteiger partial charge in [0.1, 0.15) is 17.8 Å². The Morgan fingerprint density at radius 2 is 1.67 bits per heavy atom. The van der Waals surface area contributed by atoms with E-state index in [9.17, 15) is 14.7 Å². The van der Waals surface area contributed by atoms with E-state index in [4.69, 9.17) is 9.47 Å². The molecule has 2 atom stereocenters. The van der Waals surface area contributed by atoms with Crippen molar-refractivity contribution in [3.05, 3.63) is 29.8 Å². The Bertz CT molecular complexity index is 570. The van der Waals surface area contributed by atoms with E-state index in [-0.39, 0.29) is 24.2 Å². The van der Waals surface area contributed by atoms with E-state index in [1.165, 1.54) is 0 Å². The minimum atomic E-state index is -0.669. The van der Waals surface area contributed by atoms with Crippen molar-refractivity contribution in [2.75, 3.05) is 13.2 Å². The van der Waals surface area contributed by atoms with Gasteiger partial charge in [-0.25, -0.2) is 0 Å². The van der Waals surface area contributed by atoms with Gasteiger partial charge in [-0.05, 0) is 49.8 Å². The number of phenolic OH excluding ortho intramolecular Hbond substituents is 1. The summed E-state index contributed by atoms with van der Waals surface area (Å²) in [6, 6.07) is 5.40. The third-order valence-corrected chi connectivity index (χ3v) is 4.08. The van der Waals surface area contributed by atoms with Crippen LogP contribution in [0.2, 0.25) is 0 Å². The summed E-state index contributed by atoms with van der Waals surface area (Å²) in [4.78, 5) is 24.9. The molecule has 2 N–H and O–H groups in total. The molecule has 0 spiro atoms. The molecular formula is C21H33NO5. The molecule has 0 fully saturated rings. The Labute approximate surface area is 162 Å². The van der Waals surface area contributed by atoms with Crippen LogP contribution in [0.25, 0.3) is 0 Å². The molecule has 152 valence electrons. The largest absolute Gasteiger partial charge is 0.508 e. The second kappa shape index (κ2) is 12.3. The van der Waals surface area contributed by atoms with Gasteiger partial charge < -0.3 is 14.6 Å². The summed E-state index contributed by atoms with van der Waals surface area (Å²) in [6.07, 6.45) is 2.68. The van der Waals surface area contributed by atoms with Crippen LogP contribution in [0.5, 0.6) is 5.75 Å². The van der Waals surface area contributed by atoms with Crippen molar-refractivity contribution in [1.82, 2.24) is 5.32 Å². The first-order chi connectivity index (χ1) is 12.9. The van der Waals surface area contributed by atoms with Crippen molar-refractivity contribution >= 4 is 11.9 Å². The first-order valence-electron chi connectivity index (χ1n) is 9.74. The average Bonchev–Trinajstić information content (AvgIpc) is 2.62. The monoisotopic (exact) mass is 379 g/mol. The average molecular weight is 379 g/mol. The van der Waals surface area contributed by atoms with Gasteiger partial charge in [-0.3, -0.25) is 14.9 Å². The summed E-state index contributed by atoms with van der Waals surface area (Å²) >= 11 is 0. The number of esters is 2. The fourth-order valence-corrected chi connectivity index (χ4v) is 2.69. The van der Waals surface area contributed by atoms with Crippen LogP contribution >= 0.6 is 0 Å². The third-order valence-electron chi connectivity index (χ3n) is 4.08. The number of phenols is 1. The van der Waals surface area contributed by atoms with Gasteiger partial charge >= 0.3 is 11.9 Å². The second-order valence-corrected chi connectivity index (χ2v) is 7.05. The molecule has 0 saturated heterocycles. The van der Waals surface area contributed by atoms with E-state index in [0.29, 0.717) is 19.4 Å². The molecular weight excluding hydrogens is 346 g/mol. The van der Waals surface area contributed by atoms with Crippen LogP contribution in [-0.4, -0.2) is 42.3 Å². The minimum Gasteiger partial charge on any atom is -0.508 e. The van der Waals surface area contributed by atoms with Crippen LogP contribution in [0.4, 0.5) is 0 Å². The van der Waals surface area contributed by atoms with Crippen LogP contribution in [-0.2, 0) is 25.5 Å². The van der Waals surface area contributed by atoms with Crippen molar-refractivity contribution in [2.45, 2.75) is 65.5 Å². The van der Waals surface area contributed by atoms with Gasteiger partial charge in [0.05, 0.1) is 13.2 Å². The molecule has 0 saturated carbocycles. The quantitative estimate of drug-likeness (QED) is 0.428. The summed E-state index contributed by atoms with van der Waals surface area (Å²) in [5, 5.41) is 12.6. The van der Waals surface area contributed by atoms with Crippen molar-refractivity contribution in [2.24, 2.45) is 5.92 Å². The summed E-state index contributed by atoms with van der Waals surface area (Å²) in [5.74, 6) is -0.313. The molecule has 1 rings (SSSR count). The van der Waals surface area contributed by atoms with Gasteiger partial charge in [-0.2, -0.15) is 0 Å². The van der Waals surface area contributed by atoms with Crippen LogP contribution in [0.15, 0.2) is 24.3 Å². The van der Waals surface area contributed by atoms with E-state index in [0.717, 1.165) is 18.4 Å². The topological polar surface area (TPSA) is 84.9 Å². The molecule has 0 radical (unpaired) electrons. The molecule has 0 amide bonds. The Balaban J connectivity index is 2.89. The lowest BCUT2D eigenvalue weighted by atomic mass is 10.0. The Morgan fingerprint density at radius 1 is 1.04 bits per heavy atom. The molecule has 0 aliphatic heterocycles. The summed E-state index contributed by atoms with van der Waals surface area (Å²) in [7, 11) is 0. The smallest absolute Gasteiger partial charge is 0.323 e. The zero-order valence-electron chi connectivity index (χ0n) is 16.9. The number of nitrogens with one attached hydrogen (secondary N) is 1. The Kier molecular flexibility index (Phi) is 10.5. The Hall–Kier alpha value is -2.08. The number of benzene rings is 1. The zero-order chi connectivity index (χ0) is 20.2. The predicted octanol–water partition coefficient (Wildman–Crippen LogP) is 3.21. The maximum Gasteiger partial charge on any atom is 0.323 e. The van der Waals surface area contributed by atoms with Gasteiger partial charge in [0.15, 0.2) is 0 Å². The standard InChI is InChI=1S/C21H33NO5/c1-5-7-12-27-21(25)18(13-15(3)4)22-19(20(24)26-6-2)14-16-8-10-17(23)11-9-16/h8-11,15,18-19,22-23H,5-7,12-14H2,1-4H3/t18-,19-/m0/s1. The van der Waals surface area contributed by atoms with E-state index in [1.807, 2.05) is 20.8 Å². The Morgan fingerprint density at radius 3 is 2.22 bits per heavy atom. The number of carbonyl (C=O) groups is 2. The number of hydrogen-bond donors (Lipinski definition) is 2. The van der Waals surface area contributed by atoms with Crippen molar-refractivity contribution in [3.63, 3.8) is 0 Å². The summed E-state index contributed by atoms with van der Waals surface area (Å²) in [5.41, 5.74) is 0.862. The normalized spacial score (nSPS) is 13.2. The van der Waals surface area contributed by atoms with Crippen LogP contribution in [0.3, 0.4) is 0 Å². The number of carbonyl (C=O) groups excluding carboxylic acids is 2. The number of rotatable bonds is 12. The number of hydrogen-bond acceptors (Lipinski definition) is 6. The van der Waals surface area contributed by atoms with E-state index in [1.54, 1.807) is 31.2 Å². The van der Waals surface area contributed by atoms with Crippen LogP contribution in [0, 0.1) is 5.92 Å². The minimum absolute atomic E-state index is 0.164. The van der Waals surface area contributed by atoms with Crippen LogP contribution in [0.1, 0.15) is 52.5 Å². The van der Waals surface area contributed by atoms with Gasteiger partial charge in [-0.15, -0.1) is 0 Å². The van der Waals surface area contributed by atoms with Gasteiger partial charge in [0, 0.05) is 0 Å². The fraction of sp³-hybridized carbons (Fsp3) is 0.619. The zero-order valence-corrected chi connectivity index (χ0v) is 16.9. The molecule has 0 bridgehead atoms. The highest BCUT2D eigenvalue weighted by Gasteiger charge is 2.29. The molecule has 1 aromatic carbocycles. The highest BCUT2D eigenvalue weighted by atomic mass is 16.5. The molecule has 6 heteroatoms. The van der Waals surface area contributed by atoms with E-state index >= 15 is 0 Å². The predicted molar refractivity (Wildman–Crippen MR) is 104 cm³/mol. The third kappa shape index (κ3) is 8.91. The van der Waals surface area contributed by atoms with Gasteiger partial charge in [0.25, 0.3) is 0 Å². The number of aromatic hydroxyl groups is 1. The first-order valence-corrected chi connectivity index (χ1v) is 9.74. The summed E-state index contributed by atoms with van der Waals surface area (Å²) < 4.78 is 10.5. The molecule has 0 heterocycles. The molecule has 27 heavy (non-hydrogen) atoms. The van der Waals surface area contributed by atoms with Crippen molar-refractivity contribution < 1.29 is 24.2 Å². The van der Waals surface area contributed by atoms with E-state index < -0.39 is 18.1 Å². The summed E-state index contributed by atoms with van der Waals surface area (Å²) in [6.45, 7) is 8.48. The highest BCUT2D eigenvalue weighted by molar-refractivity contribution is 5.80. The molecule has 0 unspecified atom stereocenters. The van der Waals surface area contributed by atoms with Crippen LogP contribution < -0.4 is 5.32 Å². The number of unbranched alkanes of at least 4 members (excludes halogenated alkanes) is 1. The van der Waals surface area contributed by atoms with Crippen molar-refractivity contribution in [3.8, 4) is 5.75 Å². The molecule has 0 aliphatic carbocycles. The highest BCUT2D eigenvalue weighted by Crippen LogP contribution is 2.14. The maximum absolute atomic E-state index is 12.5. The molecule has 0 aliphatic rings.